The normalized spacial score (nSPS) is 13.0. The lowest BCUT2D eigenvalue weighted by molar-refractivity contribution is 0.669. The van der Waals surface area contributed by atoms with Crippen LogP contribution >= 0.6 is 0 Å². The van der Waals surface area contributed by atoms with E-state index in [4.69, 9.17) is 9.41 Å². The topological polar surface area (TPSA) is 25.5 Å². The van der Waals surface area contributed by atoms with Gasteiger partial charge in [0.2, 0.25) is 0 Å². The van der Waals surface area contributed by atoms with Gasteiger partial charge in [-0.05, 0) is 55.2 Å². The third-order valence-corrected chi connectivity index (χ3v) is 6.49. The maximum absolute atomic E-state index is 6.17. The number of fused-ring (bicyclic) bond motifs is 4. The molecule has 1 aromatic heterocycles. The number of benzene rings is 4. The van der Waals surface area contributed by atoms with Crippen molar-refractivity contribution in [1.29, 1.82) is 0 Å². The molecule has 0 aliphatic carbocycles. The maximum atomic E-state index is 6.17. The minimum Gasteiger partial charge on any atom is -0.456 e. The van der Waals surface area contributed by atoms with Crippen molar-refractivity contribution in [2.45, 2.75) is 34.1 Å². The van der Waals surface area contributed by atoms with Gasteiger partial charge in [-0.25, -0.2) is 0 Å². The van der Waals surface area contributed by atoms with Crippen molar-refractivity contribution in [1.82, 2.24) is 0 Å². The fourth-order valence-electron chi connectivity index (χ4n) is 4.54. The van der Waals surface area contributed by atoms with Crippen LogP contribution in [0.15, 0.2) is 99.9 Å². The first kappa shape index (κ1) is 21.2. The number of nitrogens with zero attached hydrogens (tertiary/aromatic N) is 1. The Morgan fingerprint density at radius 2 is 1.55 bits per heavy atom. The number of hydrogen-bond acceptors (Lipinski definition) is 2. The number of allylic oxidation sites excluding steroid dienone is 1. The van der Waals surface area contributed by atoms with Crippen molar-refractivity contribution >= 4 is 44.1 Å². The fourth-order valence-corrected chi connectivity index (χ4v) is 4.54. The van der Waals surface area contributed by atoms with Gasteiger partial charge in [0.1, 0.15) is 11.2 Å². The fraction of sp³-hybridized carbons (Fsp3) is 0.194. The largest absolute Gasteiger partial charge is 0.456 e. The average Bonchev–Trinajstić information content (AvgIpc) is 3.23. The Hall–Kier alpha value is -3.65. The summed E-state index contributed by atoms with van der Waals surface area (Å²) < 4.78 is 6.17. The molecule has 0 saturated heterocycles. The second-order valence-corrected chi connectivity index (χ2v) is 8.99. The molecule has 5 aromatic rings. The van der Waals surface area contributed by atoms with E-state index in [1.807, 2.05) is 12.1 Å². The number of para-hydroxylation sites is 1. The third-order valence-electron chi connectivity index (χ3n) is 6.49. The Morgan fingerprint density at radius 1 is 0.818 bits per heavy atom. The molecule has 0 fully saturated rings. The molecule has 1 heterocycles. The van der Waals surface area contributed by atoms with Gasteiger partial charge in [0.15, 0.2) is 0 Å². The maximum Gasteiger partial charge on any atom is 0.136 e. The summed E-state index contributed by atoms with van der Waals surface area (Å²) in [5.41, 5.74) is 7.50. The molecular formula is C31H29NO. The Balaban J connectivity index is 1.75. The van der Waals surface area contributed by atoms with Crippen molar-refractivity contribution in [3.8, 4) is 0 Å². The summed E-state index contributed by atoms with van der Waals surface area (Å²) in [4.78, 5) is 5.38. The second-order valence-electron chi connectivity index (χ2n) is 8.99. The predicted octanol–water partition coefficient (Wildman–Crippen LogP) is 9.03. The van der Waals surface area contributed by atoms with Crippen LogP contribution in [-0.4, -0.2) is 5.71 Å². The number of aliphatic imine (C=N–C) groups is 1. The first-order valence-electron chi connectivity index (χ1n) is 11.7. The molecule has 0 saturated carbocycles. The van der Waals surface area contributed by atoms with Gasteiger partial charge in [0.05, 0.1) is 11.4 Å². The minimum atomic E-state index is 0.305. The lowest BCUT2D eigenvalue weighted by Crippen LogP contribution is -2.13. The van der Waals surface area contributed by atoms with E-state index >= 15 is 0 Å². The first-order chi connectivity index (χ1) is 16.1. The summed E-state index contributed by atoms with van der Waals surface area (Å²) in [5.74, 6) is 0.305. The molecule has 2 heteroatoms. The van der Waals surface area contributed by atoms with Crippen LogP contribution in [0.5, 0.6) is 0 Å². The van der Waals surface area contributed by atoms with E-state index in [1.54, 1.807) is 0 Å². The van der Waals surface area contributed by atoms with Gasteiger partial charge in [-0.3, -0.25) is 4.99 Å². The monoisotopic (exact) mass is 431 g/mol. The van der Waals surface area contributed by atoms with Crippen molar-refractivity contribution < 1.29 is 4.42 Å². The molecular weight excluding hydrogens is 402 g/mol. The van der Waals surface area contributed by atoms with Crippen molar-refractivity contribution in [2.24, 2.45) is 10.9 Å². The minimum absolute atomic E-state index is 0.305. The lowest BCUT2D eigenvalue weighted by Gasteiger charge is -2.17. The van der Waals surface area contributed by atoms with Crippen LogP contribution < -0.4 is 0 Å². The number of hydrogen-bond donors (Lipinski definition) is 0. The Bertz CT molecular complexity index is 1530. The molecule has 0 spiro atoms. The smallest absolute Gasteiger partial charge is 0.136 e. The summed E-state index contributed by atoms with van der Waals surface area (Å²) in [5, 5.41) is 4.77. The predicted molar refractivity (Wildman–Crippen MR) is 142 cm³/mol. The van der Waals surface area contributed by atoms with Crippen molar-refractivity contribution in [3.63, 3.8) is 0 Å². The van der Waals surface area contributed by atoms with Gasteiger partial charge in [0.25, 0.3) is 0 Å². The Morgan fingerprint density at radius 3 is 2.33 bits per heavy atom. The van der Waals surface area contributed by atoms with Gasteiger partial charge < -0.3 is 4.42 Å². The molecule has 0 radical (unpaired) electrons. The van der Waals surface area contributed by atoms with Gasteiger partial charge in [0, 0.05) is 21.9 Å². The highest BCUT2D eigenvalue weighted by atomic mass is 16.3. The Labute approximate surface area is 195 Å². The summed E-state index contributed by atoms with van der Waals surface area (Å²) in [6.45, 7) is 8.79. The summed E-state index contributed by atoms with van der Waals surface area (Å²) in [6, 6.07) is 29.7. The van der Waals surface area contributed by atoms with E-state index in [2.05, 4.69) is 100 Å². The van der Waals surface area contributed by atoms with E-state index in [0.717, 1.165) is 50.9 Å². The van der Waals surface area contributed by atoms with Crippen LogP contribution in [0.4, 0.5) is 0 Å². The molecule has 0 N–H and O–H groups in total. The highest BCUT2D eigenvalue weighted by molar-refractivity contribution is 6.19. The van der Waals surface area contributed by atoms with Gasteiger partial charge in [-0.2, -0.15) is 0 Å². The third kappa shape index (κ3) is 3.87. The van der Waals surface area contributed by atoms with Gasteiger partial charge in [-0.1, -0.05) is 86.2 Å². The van der Waals surface area contributed by atoms with Crippen LogP contribution in [0.3, 0.4) is 0 Å². The molecule has 1 atom stereocenters. The Kier molecular flexibility index (Phi) is 5.60. The van der Waals surface area contributed by atoms with Crippen LogP contribution in [0.1, 0.15) is 45.2 Å². The molecule has 0 amide bonds. The highest BCUT2D eigenvalue weighted by Crippen LogP contribution is 2.34. The van der Waals surface area contributed by atoms with Crippen LogP contribution in [0.2, 0.25) is 0 Å². The van der Waals surface area contributed by atoms with Crippen LogP contribution in [-0.2, 0) is 0 Å². The average molecular weight is 432 g/mol. The van der Waals surface area contributed by atoms with E-state index < -0.39 is 0 Å². The summed E-state index contributed by atoms with van der Waals surface area (Å²) >= 11 is 0. The SMILES string of the molecule is CCC(C)C(=NC(=C(C)C)c1ccc2ccccc2c1)c1cccc2oc3ccccc3c12. The van der Waals surface area contributed by atoms with Crippen molar-refractivity contribution in [3.05, 3.63) is 102 Å². The molecule has 164 valence electrons. The first-order valence-corrected chi connectivity index (χ1v) is 11.7. The lowest BCUT2D eigenvalue weighted by atomic mass is 9.92. The van der Waals surface area contributed by atoms with E-state index in [0.29, 0.717) is 5.92 Å². The van der Waals surface area contributed by atoms with E-state index in [9.17, 15) is 0 Å². The standard InChI is InChI=1S/C31H29NO/c1-5-21(4)31(26-14-10-16-28-29(26)25-13-8-9-15-27(25)33-28)32-30(20(2)3)24-18-17-22-11-6-7-12-23(22)19-24/h6-19,21H,5H2,1-4H3. The number of rotatable bonds is 5. The molecule has 0 bridgehead atoms. The zero-order valence-electron chi connectivity index (χ0n) is 19.7. The van der Waals surface area contributed by atoms with Gasteiger partial charge in [-0.15, -0.1) is 0 Å². The summed E-state index contributed by atoms with van der Waals surface area (Å²) in [7, 11) is 0. The molecule has 1 unspecified atom stereocenters. The molecule has 2 nitrogen and oxygen atoms in total. The van der Waals surface area contributed by atoms with Gasteiger partial charge >= 0.3 is 0 Å². The van der Waals surface area contributed by atoms with Crippen LogP contribution in [0, 0.1) is 5.92 Å². The summed E-state index contributed by atoms with van der Waals surface area (Å²) in [6.07, 6.45) is 1.01. The molecule has 0 aliphatic rings. The zero-order valence-corrected chi connectivity index (χ0v) is 19.7. The second kappa shape index (κ2) is 8.71. The van der Waals surface area contributed by atoms with Crippen molar-refractivity contribution in [2.75, 3.05) is 0 Å². The van der Waals surface area contributed by atoms with E-state index in [1.165, 1.54) is 16.3 Å². The highest BCUT2D eigenvalue weighted by Gasteiger charge is 2.19. The number of furan rings is 1. The van der Waals surface area contributed by atoms with E-state index in [-0.39, 0.29) is 0 Å². The molecule has 0 aliphatic heterocycles. The molecule has 4 aromatic carbocycles. The molecule has 33 heavy (non-hydrogen) atoms. The zero-order chi connectivity index (χ0) is 22.9. The molecule has 5 rings (SSSR count). The quantitative estimate of drug-likeness (QED) is 0.255. The van der Waals surface area contributed by atoms with Crippen LogP contribution in [0.25, 0.3) is 38.4 Å².